The van der Waals surface area contributed by atoms with Crippen LogP contribution in [0.1, 0.15) is 12.8 Å². The second-order valence-corrected chi connectivity index (χ2v) is 4.06. The second-order valence-electron chi connectivity index (χ2n) is 3.67. The van der Waals surface area contributed by atoms with Gasteiger partial charge in [-0.3, -0.25) is 4.79 Å². The average Bonchev–Trinajstić information content (AvgIpc) is 2.55. The summed E-state index contributed by atoms with van der Waals surface area (Å²) < 4.78 is 2.68. The van der Waals surface area contributed by atoms with E-state index in [4.69, 9.17) is 18.0 Å². The van der Waals surface area contributed by atoms with Crippen LogP contribution in [0.2, 0.25) is 0 Å². The van der Waals surface area contributed by atoms with E-state index in [1.165, 1.54) is 0 Å². The van der Waals surface area contributed by atoms with Crippen LogP contribution in [0.3, 0.4) is 0 Å². The number of nitrogens with one attached hydrogen (secondary N) is 1. The normalized spacial score (nSPS) is 10.8. The lowest BCUT2D eigenvalue weighted by Gasteiger charge is -2.02. The van der Waals surface area contributed by atoms with Crippen molar-refractivity contribution in [1.29, 1.82) is 0 Å². The Morgan fingerprint density at radius 3 is 2.94 bits per heavy atom. The lowest BCUT2D eigenvalue weighted by atomic mass is 10.3. The lowest BCUT2D eigenvalue weighted by Crippen LogP contribution is -2.11. The van der Waals surface area contributed by atoms with Crippen molar-refractivity contribution in [3.63, 3.8) is 0 Å². The summed E-state index contributed by atoms with van der Waals surface area (Å²) in [7, 11) is 0. The average molecular weight is 235 g/mol. The molecule has 5 heteroatoms. The fraction of sp³-hybridized carbons (Fsp3) is 0.273. The highest BCUT2D eigenvalue weighted by Gasteiger charge is 2.03. The lowest BCUT2D eigenvalue weighted by molar-refractivity contribution is -0.118. The first-order valence-corrected chi connectivity index (χ1v) is 5.55. The van der Waals surface area contributed by atoms with Gasteiger partial charge in [-0.25, -0.2) is 0 Å². The van der Waals surface area contributed by atoms with Crippen molar-refractivity contribution in [2.75, 3.05) is 0 Å². The Bertz CT molecular complexity index is 570. The number of imidazole rings is 1. The molecule has 0 aliphatic rings. The number of fused-ring (bicyclic) bond motifs is 1. The number of amides is 1. The summed E-state index contributed by atoms with van der Waals surface area (Å²) in [6.45, 7) is 0.714. The van der Waals surface area contributed by atoms with Gasteiger partial charge < -0.3 is 15.3 Å². The molecular weight excluding hydrogens is 222 g/mol. The number of aromatic amines is 1. The molecule has 16 heavy (non-hydrogen) atoms. The predicted molar refractivity (Wildman–Crippen MR) is 65.6 cm³/mol. The standard InChI is InChI=1S/C11H13N3OS/c12-10(15)6-3-7-14-9-5-2-1-4-8(9)13-11(14)16/h1-2,4-5H,3,6-7H2,(H2,12,15)(H,13,16). The van der Waals surface area contributed by atoms with E-state index in [2.05, 4.69) is 4.98 Å². The zero-order chi connectivity index (χ0) is 11.5. The van der Waals surface area contributed by atoms with E-state index in [0.29, 0.717) is 24.2 Å². The molecule has 0 fully saturated rings. The number of primary amides is 1. The maximum Gasteiger partial charge on any atom is 0.217 e. The van der Waals surface area contributed by atoms with Crippen LogP contribution in [-0.4, -0.2) is 15.5 Å². The highest BCUT2D eigenvalue weighted by atomic mass is 32.1. The van der Waals surface area contributed by atoms with Gasteiger partial charge in [-0.2, -0.15) is 0 Å². The number of carbonyl (C=O) groups is 1. The summed E-state index contributed by atoms with van der Waals surface area (Å²) in [6, 6.07) is 7.92. The van der Waals surface area contributed by atoms with E-state index in [-0.39, 0.29) is 5.91 Å². The van der Waals surface area contributed by atoms with Crippen LogP contribution < -0.4 is 5.73 Å². The molecule has 84 valence electrons. The number of carbonyl (C=O) groups excluding carboxylic acids is 1. The fourth-order valence-corrected chi connectivity index (χ4v) is 2.04. The van der Waals surface area contributed by atoms with Gasteiger partial charge in [0.2, 0.25) is 5.91 Å². The molecule has 0 aliphatic heterocycles. The SMILES string of the molecule is NC(=O)CCCn1c(=S)[nH]c2ccccc21. The molecule has 2 aromatic rings. The number of hydrogen-bond donors (Lipinski definition) is 2. The maximum absolute atomic E-state index is 10.7. The third-order valence-corrected chi connectivity index (χ3v) is 2.81. The van der Waals surface area contributed by atoms with Gasteiger partial charge in [-0.1, -0.05) is 12.1 Å². The minimum absolute atomic E-state index is 0.272. The molecule has 0 spiro atoms. The van der Waals surface area contributed by atoms with Crippen molar-refractivity contribution in [2.24, 2.45) is 5.73 Å². The van der Waals surface area contributed by atoms with E-state index in [1.54, 1.807) is 0 Å². The molecule has 2 rings (SSSR count). The summed E-state index contributed by atoms with van der Waals surface area (Å²) in [4.78, 5) is 13.8. The molecule has 1 aromatic heterocycles. The molecular formula is C11H13N3OS. The van der Waals surface area contributed by atoms with Gasteiger partial charge >= 0.3 is 0 Å². The van der Waals surface area contributed by atoms with Gasteiger partial charge in [0.1, 0.15) is 0 Å². The zero-order valence-corrected chi connectivity index (χ0v) is 9.59. The molecule has 1 heterocycles. The molecule has 0 saturated carbocycles. The first-order valence-electron chi connectivity index (χ1n) is 5.14. The van der Waals surface area contributed by atoms with Crippen molar-refractivity contribution in [3.8, 4) is 0 Å². The Kier molecular flexibility index (Phi) is 3.05. The number of aryl methyl sites for hydroxylation is 1. The zero-order valence-electron chi connectivity index (χ0n) is 8.77. The quantitative estimate of drug-likeness (QED) is 0.796. The maximum atomic E-state index is 10.7. The van der Waals surface area contributed by atoms with Gasteiger partial charge in [-0.05, 0) is 30.8 Å². The molecule has 0 radical (unpaired) electrons. The van der Waals surface area contributed by atoms with Gasteiger partial charge in [0.15, 0.2) is 4.77 Å². The number of aromatic nitrogens is 2. The monoisotopic (exact) mass is 235 g/mol. The van der Waals surface area contributed by atoms with E-state index in [0.717, 1.165) is 11.0 Å². The first-order chi connectivity index (χ1) is 7.68. The molecule has 3 N–H and O–H groups in total. The van der Waals surface area contributed by atoms with Crippen LogP contribution in [0.25, 0.3) is 11.0 Å². The molecule has 4 nitrogen and oxygen atoms in total. The number of hydrogen-bond acceptors (Lipinski definition) is 2. The Balaban J connectivity index is 2.26. The van der Waals surface area contributed by atoms with Crippen LogP contribution in [0.5, 0.6) is 0 Å². The van der Waals surface area contributed by atoms with Gasteiger partial charge in [-0.15, -0.1) is 0 Å². The smallest absolute Gasteiger partial charge is 0.217 e. The van der Waals surface area contributed by atoms with Gasteiger partial charge in [0.05, 0.1) is 11.0 Å². The molecule has 1 aromatic carbocycles. The molecule has 0 bridgehead atoms. The number of H-pyrrole nitrogens is 1. The number of nitrogens with two attached hydrogens (primary N) is 1. The number of para-hydroxylation sites is 2. The molecule has 0 aliphatic carbocycles. The third-order valence-electron chi connectivity index (χ3n) is 2.49. The molecule has 0 unspecified atom stereocenters. The Morgan fingerprint density at radius 2 is 2.19 bits per heavy atom. The summed E-state index contributed by atoms with van der Waals surface area (Å²) >= 11 is 5.22. The minimum Gasteiger partial charge on any atom is -0.370 e. The summed E-state index contributed by atoms with van der Waals surface area (Å²) in [5.74, 6) is -0.272. The first kappa shape index (κ1) is 10.9. The molecule has 0 atom stereocenters. The molecule has 1 amide bonds. The number of rotatable bonds is 4. The van der Waals surface area contributed by atoms with Crippen molar-refractivity contribution in [3.05, 3.63) is 29.0 Å². The Labute approximate surface area is 98.1 Å². The largest absolute Gasteiger partial charge is 0.370 e. The number of nitrogens with zero attached hydrogens (tertiary/aromatic N) is 1. The van der Waals surface area contributed by atoms with Gasteiger partial charge in [0, 0.05) is 13.0 Å². The van der Waals surface area contributed by atoms with E-state index in [1.807, 2.05) is 28.8 Å². The van der Waals surface area contributed by atoms with Crippen LogP contribution in [0, 0.1) is 4.77 Å². The van der Waals surface area contributed by atoms with Crippen molar-refractivity contribution < 1.29 is 4.79 Å². The summed E-state index contributed by atoms with van der Waals surface area (Å²) in [5, 5.41) is 0. The Hall–Kier alpha value is -1.62. The highest BCUT2D eigenvalue weighted by Crippen LogP contribution is 2.14. The minimum atomic E-state index is -0.272. The summed E-state index contributed by atoms with van der Waals surface area (Å²) in [5.41, 5.74) is 7.19. The van der Waals surface area contributed by atoms with Crippen molar-refractivity contribution in [1.82, 2.24) is 9.55 Å². The Morgan fingerprint density at radius 1 is 1.44 bits per heavy atom. The topological polar surface area (TPSA) is 63.8 Å². The van der Waals surface area contributed by atoms with E-state index < -0.39 is 0 Å². The van der Waals surface area contributed by atoms with E-state index >= 15 is 0 Å². The van der Waals surface area contributed by atoms with Crippen LogP contribution in [-0.2, 0) is 11.3 Å². The third kappa shape index (κ3) is 2.14. The number of benzene rings is 1. The fourth-order valence-electron chi connectivity index (χ4n) is 1.74. The van der Waals surface area contributed by atoms with Crippen LogP contribution in [0.4, 0.5) is 0 Å². The van der Waals surface area contributed by atoms with E-state index in [9.17, 15) is 4.79 Å². The summed E-state index contributed by atoms with van der Waals surface area (Å²) in [6.07, 6.45) is 1.10. The highest BCUT2D eigenvalue weighted by molar-refractivity contribution is 7.71. The second kappa shape index (κ2) is 4.49. The molecule has 0 saturated heterocycles. The predicted octanol–water partition coefficient (Wildman–Crippen LogP) is 1.96. The van der Waals surface area contributed by atoms with Gasteiger partial charge in [0.25, 0.3) is 0 Å². The van der Waals surface area contributed by atoms with Crippen molar-refractivity contribution >= 4 is 29.2 Å². The van der Waals surface area contributed by atoms with Crippen LogP contribution in [0.15, 0.2) is 24.3 Å². The van der Waals surface area contributed by atoms with Crippen LogP contribution >= 0.6 is 12.2 Å². The van der Waals surface area contributed by atoms with Crippen molar-refractivity contribution in [2.45, 2.75) is 19.4 Å².